The van der Waals surface area contributed by atoms with Crippen LogP contribution in [0.25, 0.3) is 0 Å². The Morgan fingerprint density at radius 2 is 2.00 bits per heavy atom. The molecule has 1 N–H and O–H groups in total. The molecule has 1 aromatic carbocycles. The van der Waals surface area contributed by atoms with Gasteiger partial charge in [-0.2, -0.15) is 0 Å². The third-order valence-corrected chi connectivity index (χ3v) is 4.00. The van der Waals surface area contributed by atoms with Crippen LogP contribution in [0.3, 0.4) is 0 Å². The standard InChI is InChI=1S/C14H20ClFN2O2/c1-19-12-4-3-10(13(15)14(12)20-2)11(9-16)18-7-5-17-6-8-18/h3-4,11,17H,5-9H2,1-2H3/t11-/m1/s1. The lowest BCUT2D eigenvalue weighted by molar-refractivity contribution is 0.147. The lowest BCUT2D eigenvalue weighted by Crippen LogP contribution is -2.45. The molecular formula is C14H20ClFN2O2. The Hall–Kier alpha value is -1.04. The molecule has 1 atom stereocenters. The number of nitrogens with zero attached hydrogens (tertiary/aromatic N) is 1. The van der Waals surface area contributed by atoms with E-state index in [1.54, 1.807) is 13.2 Å². The zero-order chi connectivity index (χ0) is 14.5. The van der Waals surface area contributed by atoms with Crippen LogP contribution in [0.1, 0.15) is 11.6 Å². The molecule has 1 saturated heterocycles. The molecule has 0 spiro atoms. The second-order valence-electron chi connectivity index (χ2n) is 4.66. The van der Waals surface area contributed by atoms with Gasteiger partial charge in [0, 0.05) is 26.2 Å². The number of alkyl halides is 1. The molecule has 0 aromatic heterocycles. The molecule has 6 heteroatoms. The Morgan fingerprint density at radius 3 is 2.55 bits per heavy atom. The summed E-state index contributed by atoms with van der Waals surface area (Å²) >= 11 is 6.37. The fourth-order valence-corrected chi connectivity index (χ4v) is 2.89. The fourth-order valence-electron chi connectivity index (χ4n) is 2.53. The van der Waals surface area contributed by atoms with Crippen molar-refractivity contribution >= 4 is 11.6 Å². The van der Waals surface area contributed by atoms with Crippen LogP contribution < -0.4 is 14.8 Å². The quantitative estimate of drug-likeness (QED) is 0.905. The molecule has 112 valence electrons. The predicted octanol–water partition coefficient (Wildman–Crippen LogP) is 2.27. The normalized spacial score (nSPS) is 17.8. The van der Waals surface area contributed by atoms with Crippen molar-refractivity contribution in [1.82, 2.24) is 10.2 Å². The zero-order valence-electron chi connectivity index (χ0n) is 11.8. The maximum atomic E-state index is 13.5. The molecule has 1 heterocycles. The Morgan fingerprint density at radius 1 is 1.30 bits per heavy atom. The lowest BCUT2D eigenvalue weighted by Gasteiger charge is -2.34. The van der Waals surface area contributed by atoms with Gasteiger partial charge in [0.2, 0.25) is 0 Å². The molecule has 2 rings (SSSR count). The fraction of sp³-hybridized carbons (Fsp3) is 0.571. The molecule has 4 nitrogen and oxygen atoms in total. The summed E-state index contributed by atoms with van der Waals surface area (Å²) in [7, 11) is 3.08. The Bertz CT molecular complexity index is 453. The second kappa shape index (κ2) is 7.11. The van der Waals surface area contributed by atoms with Crippen LogP contribution >= 0.6 is 11.6 Å². The Kier molecular flexibility index (Phi) is 5.46. The molecule has 1 aromatic rings. The molecule has 0 bridgehead atoms. The number of ether oxygens (including phenoxy) is 2. The van der Waals surface area contributed by atoms with E-state index in [4.69, 9.17) is 21.1 Å². The van der Waals surface area contributed by atoms with E-state index in [0.29, 0.717) is 16.5 Å². The number of rotatable bonds is 5. The molecule has 0 unspecified atom stereocenters. The molecule has 0 aliphatic carbocycles. The van der Waals surface area contributed by atoms with Crippen molar-refractivity contribution in [3.8, 4) is 11.5 Å². The lowest BCUT2D eigenvalue weighted by atomic mass is 10.0. The van der Waals surface area contributed by atoms with Crippen molar-refractivity contribution in [2.24, 2.45) is 0 Å². The molecular weight excluding hydrogens is 283 g/mol. The number of benzene rings is 1. The molecule has 1 aliphatic heterocycles. The highest BCUT2D eigenvalue weighted by Crippen LogP contribution is 2.41. The van der Waals surface area contributed by atoms with Gasteiger partial charge < -0.3 is 14.8 Å². The first kappa shape index (κ1) is 15.4. The van der Waals surface area contributed by atoms with Crippen LogP contribution in [0, 0.1) is 0 Å². The van der Waals surface area contributed by atoms with Gasteiger partial charge in [-0.15, -0.1) is 0 Å². The van der Waals surface area contributed by atoms with Crippen molar-refractivity contribution in [3.05, 3.63) is 22.7 Å². The van der Waals surface area contributed by atoms with Gasteiger partial charge in [-0.25, -0.2) is 4.39 Å². The van der Waals surface area contributed by atoms with Gasteiger partial charge in [0.05, 0.1) is 25.3 Å². The maximum absolute atomic E-state index is 13.5. The van der Waals surface area contributed by atoms with Crippen molar-refractivity contribution in [2.45, 2.75) is 6.04 Å². The summed E-state index contributed by atoms with van der Waals surface area (Å²) in [6, 6.07) is 3.24. The molecule has 0 radical (unpaired) electrons. The van der Waals surface area contributed by atoms with Crippen molar-refractivity contribution < 1.29 is 13.9 Å². The van der Waals surface area contributed by atoms with E-state index in [2.05, 4.69) is 10.2 Å². The SMILES string of the molecule is COc1ccc([C@@H](CF)N2CCNCC2)c(Cl)c1OC. The molecule has 0 amide bonds. The molecule has 1 fully saturated rings. The topological polar surface area (TPSA) is 33.7 Å². The van der Waals surface area contributed by atoms with Crippen LogP contribution in [-0.2, 0) is 0 Å². The smallest absolute Gasteiger partial charge is 0.179 e. The highest BCUT2D eigenvalue weighted by atomic mass is 35.5. The van der Waals surface area contributed by atoms with Gasteiger partial charge in [0.25, 0.3) is 0 Å². The van der Waals surface area contributed by atoms with Crippen LogP contribution in [-0.4, -0.2) is 52.0 Å². The third-order valence-electron chi connectivity index (χ3n) is 3.61. The van der Waals surface area contributed by atoms with Gasteiger partial charge in [0.1, 0.15) is 6.67 Å². The van der Waals surface area contributed by atoms with E-state index >= 15 is 0 Å². The average molecular weight is 303 g/mol. The number of halogens is 2. The van der Waals surface area contributed by atoms with Crippen LogP contribution in [0.15, 0.2) is 12.1 Å². The van der Waals surface area contributed by atoms with Gasteiger partial charge >= 0.3 is 0 Å². The van der Waals surface area contributed by atoms with Crippen molar-refractivity contribution in [1.29, 1.82) is 0 Å². The minimum atomic E-state index is -0.477. The van der Waals surface area contributed by atoms with E-state index in [1.807, 2.05) is 6.07 Å². The van der Waals surface area contributed by atoms with Gasteiger partial charge in [-0.05, 0) is 11.6 Å². The van der Waals surface area contributed by atoms with Crippen LogP contribution in [0.2, 0.25) is 5.02 Å². The first-order valence-electron chi connectivity index (χ1n) is 6.64. The monoisotopic (exact) mass is 302 g/mol. The summed E-state index contributed by atoms with van der Waals surface area (Å²) in [5, 5.41) is 3.68. The minimum absolute atomic E-state index is 0.343. The van der Waals surface area contributed by atoms with E-state index in [0.717, 1.165) is 31.7 Å². The average Bonchev–Trinajstić information content (AvgIpc) is 2.50. The molecule has 20 heavy (non-hydrogen) atoms. The minimum Gasteiger partial charge on any atom is -0.493 e. The summed E-state index contributed by atoms with van der Waals surface area (Å²) in [4.78, 5) is 2.10. The number of piperazine rings is 1. The van der Waals surface area contributed by atoms with Crippen molar-refractivity contribution in [3.63, 3.8) is 0 Å². The molecule has 0 saturated carbocycles. The molecule has 1 aliphatic rings. The zero-order valence-corrected chi connectivity index (χ0v) is 12.5. The highest BCUT2D eigenvalue weighted by Gasteiger charge is 2.26. The van der Waals surface area contributed by atoms with Gasteiger partial charge in [0.15, 0.2) is 11.5 Å². The van der Waals surface area contributed by atoms with E-state index in [1.165, 1.54) is 7.11 Å². The first-order chi connectivity index (χ1) is 9.72. The van der Waals surface area contributed by atoms with E-state index in [9.17, 15) is 4.39 Å². The van der Waals surface area contributed by atoms with Gasteiger partial charge in [-0.1, -0.05) is 17.7 Å². The Labute approximate surface area is 123 Å². The summed E-state index contributed by atoms with van der Waals surface area (Å²) in [5.41, 5.74) is 0.744. The number of nitrogens with one attached hydrogen (secondary N) is 1. The summed E-state index contributed by atoms with van der Waals surface area (Å²) in [6.07, 6.45) is 0. The van der Waals surface area contributed by atoms with Gasteiger partial charge in [-0.3, -0.25) is 4.90 Å². The largest absolute Gasteiger partial charge is 0.493 e. The number of hydrogen-bond donors (Lipinski definition) is 1. The summed E-state index contributed by atoms with van der Waals surface area (Å²) < 4.78 is 24.0. The number of methoxy groups -OCH3 is 2. The van der Waals surface area contributed by atoms with E-state index in [-0.39, 0.29) is 6.04 Å². The predicted molar refractivity (Wildman–Crippen MR) is 77.7 cm³/mol. The van der Waals surface area contributed by atoms with Crippen LogP contribution in [0.5, 0.6) is 11.5 Å². The van der Waals surface area contributed by atoms with Crippen molar-refractivity contribution in [2.75, 3.05) is 47.1 Å². The first-order valence-corrected chi connectivity index (χ1v) is 7.01. The number of hydrogen-bond acceptors (Lipinski definition) is 4. The maximum Gasteiger partial charge on any atom is 0.179 e. The summed E-state index contributed by atoms with van der Waals surface area (Å²) in [6.45, 7) is 2.86. The van der Waals surface area contributed by atoms with E-state index < -0.39 is 6.67 Å². The summed E-state index contributed by atoms with van der Waals surface area (Å²) in [5.74, 6) is 1.01. The Balaban J connectivity index is 2.34. The highest BCUT2D eigenvalue weighted by molar-refractivity contribution is 6.33. The second-order valence-corrected chi connectivity index (χ2v) is 5.04. The van der Waals surface area contributed by atoms with Crippen LogP contribution in [0.4, 0.5) is 4.39 Å². The third kappa shape index (κ3) is 3.00.